The van der Waals surface area contributed by atoms with Gasteiger partial charge in [0, 0.05) is 10.4 Å². The fourth-order valence-corrected chi connectivity index (χ4v) is 0. The van der Waals surface area contributed by atoms with Gasteiger partial charge in [0.15, 0.2) is 0 Å². The molecule has 11 heavy (non-hydrogen) atoms. The van der Waals surface area contributed by atoms with Gasteiger partial charge in [-0.1, -0.05) is 0 Å². The molecule has 73 valence electrons. The third kappa shape index (κ3) is 10400. The van der Waals surface area contributed by atoms with E-state index in [2.05, 4.69) is 5.14 Å². The second kappa shape index (κ2) is 5.85. The molecule has 0 aliphatic heterocycles. The first-order valence-corrected chi connectivity index (χ1v) is 4.25. The van der Waals surface area contributed by atoms with E-state index in [0.717, 1.165) is 0 Å². The number of rotatable bonds is 0. The van der Waals surface area contributed by atoms with E-state index < -0.39 is 20.7 Å². The van der Waals surface area contributed by atoms with Gasteiger partial charge < -0.3 is 9.11 Å². The Kier molecular flexibility index (Phi) is 9.24. The van der Waals surface area contributed by atoms with Crippen LogP contribution in [0.1, 0.15) is 0 Å². The quantitative estimate of drug-likeness (QED) is 0.273. The molecule has 0 saturated carbocycles. The van der Waals surface area contributed by atoms with E-state index in [1.54, 1.807) is 0 Å². The van der Waals surface area contributed by atoms with Crippen molar-refractivity contribution in [2.24, 2.45) is 5.14 Å². The Morgan fingerprint density at radius 1 is 1.09 bits per heavy atom. The Labute approximate surface area is 73.7 Å². The molecule has 0 bridgehead atoms. The van der Waals surface area contributed by atoms with Gasteiger partial charge in [-0.15, -0.1) is 0 Å². The van der Waals surface area contributed by atoms with Gasteiger partial charge in [0.1, 0.15) is 0 Å². The maximum absolute atomic E-state index is 8.97. The minimum absolute atomic E-state index is 0. The first-order chi connectivity index (χ1) is 4.00. The van der Waals surface area contributed by atoms with Crippen LogP contribution in [-0.4, -0.2) is 30.5 Å². The van der Waals surface area contributed by atoms with Crippen molar-refractivity contribution in [1.82, 2.24) is 0 Å². The molecule has 1 radical (unpaired) electrons. The Hall–Kier alpha value is 0.259. The molecule has 0 atom stereocenters. The summed E-state index contributed by atoms with van der Waals surface area (Å²) in [7, 11) is -9.33. The standard InChI is InChI=1S/Cu.H3NO3S.H2O4S/c;2*1-5(2,3)4/h;(H3,1,2,3,4);(H2,1,2,3,4)/q+2;;/p-2. The Morgan fingerprint density at radius 2 is 1.09 bits per heavy atom. The summed E-state index contributed by atoms with van der Waals surface area (Å²) >= 11 is 0. The van der Waals surface area contributed by atoms with Crippen molar-refractivity contribution < 1.29 is 47.6 Å². The molecule has 0 aromatic carbocycles. The van der Waals surface area contributed by atoms with Crippen LogP contribution in [0, 0.1) is 0 Å². The molecule has 0 unspecified atom stereocenters. The van der Waals surface area contributed by atoms with Crippen LogP contribution < -0.4 is 5.14 Å². The molecule has 8 nitrogen and oxygen atoms in total. The maximum atomic E-state index is 8.97. The molecule has 0 aliphatic carbocycles. The van der Waals surface area contributed by atoms with Crippen LogP contribution in [0.3, 0.4) is 0 Å². The fourth-order valence-electron chi connectivity index (χ4n) is 0. The summed E-state index contributed by atoms with van der Waals surface area (Å²) in [5.41, 5.74) is 0. The van der Waals surface area contributed by atoms with E-state index in [9.17, 15) is 0 Å². The van der Waals surface area contributed by atoms with Gasteiger partial charge in [0.25, 0.3) is 0 Å². The Morgan fingerprint density at radius 3 is 1.09 bits per heavy atom. The van der Waals surface area contributed by atoms with Crippen LogP contribution in [0.25, 0.3) is 0 Å². The van der Waals surface area contributed by atoms with Crippen molar-refractivity contribution in [3.63, 3.8) is 0 Å². The minimum atomic E-state index is -5.17. The molecular weight excluding hydrogens is 254 g/mol. The summed E-state index contributed by atoms with van der Waals surface area (Å²) < 4.78 is 59.3. The van der Waals surface area contributed by atoms with E-state index in [4.69, 9.17) is 30.5 Å². The molecule has 0 spiro atoms. The van der Waals surface area contributed by atoms with Crippen molar-refractivity contribution in [2.45, 2.75) is 0 Å². The summed E-state index contributed by atoms with van der Waals surface area (Å²) in [4.78, 5) is 0. The topological polar surface area (TPSA) is 161 Å². The maximum Gasteiger partial charge on any atom is 2.00 e. The molecule has 0 fully saturated rings. The number of hydrogen-bond acceptors (Lipinski definition) is 6. The van der Waals surface area contributed by atoms with E-state index in [-0.39, 0.29) is 17.1 Å². The molecule has 0 aliphatic rings. The van der Waals surface area contributed by atoms with Gasteiger partial charge in [-0.2, -0.15) is 8.42 Å². The Balaban J connectivity index is -0.000000107. The van der Waals surface area contributed by atoms with Crippen molar-refractivity contribution in [1.29, 1.82) is 0 Å². The van der Waals surface area contributed by atoms with Crippen LogP contribution in [-0.2, 0) is 37.8 Å². The largest absolute Gasteiger partial charge is 2.00 e. The summed E-state index contributed by atoms with van der Waals surface area (Å²) in [6.45, 7) is 0. The van der Waals surface area contributed by atoms with Gasteiger partial charge in [0.2, 0.25) is 0 Å². The minimum Gasteiger partial charge on any atom is -0.759 e. The normalized spacial score (nSPS) is 10.5. The Bertz CT molecular complexity index is 213. The van der Waals surface area contributed by atoms with Gasteiger partial charge in [-0.05, 0) is 0 Å². The second-order valence-corrected chi connectivity index (χ2v) is 2.77. The third-order valence-electron chi connectivity index (χ3n) is 0. The molecule has 0 aromatic rings. The van der Waals surface area contributed by atoms with Gasteiger partial charge >= 0.3 is 27.4 Å². The van der Waals surface area contributed by atoms with Gasteiger partial charge in [-0.3, -0.25) is 13.0 Å². The average molecular weight is 257 g/mol. The number of nitrogens with two attached hydrogens (primary N) is 1. The molecule has 0 heterocycles. The van der Waals surface area contributed by atoms with Crippen LogP contribution >= 0.6 is 0 Å². The van der Waals surface area contributed by atoms with Gasteiger partial charge in [-0.25, -0.2) is 5.14 Å². The first-order valence-electron chi connectivity index (χ1n) is 1.42. The second-order valence-electron chi connectivity index (χ2n) is 0.923. The smallest absolute Gasteiger partial charge is 0.759 e. The first kappa shape index (κ1) is 17.4. The van der Waals surface area contributed by atoms with Crippen LogP contribution in [0.15, 0.2) is 0 Å². The van der Waals surface area contributed by atoms with Crippen LogP contribution in [0.4, 0.5) is 0 Å². The summed E-state index contributed by atoms with van der Waals surface area (Å²) in [5, 5.41) is 3.88. The summed E-state index contributed by atoms with van der Waals surface area (Å²) in [6.07, 6.45) is 0. The molecule has 11 heteroatoms. The van der Waals surface area contributed by atoms with E-state index in [1.165, 1.54) is 0 Å². The summed E-state index contributed by atoms with van der Waals surface area (Å²) in [6, 6.07) is 0. The predicted molar refractivity (Wildman–Crippen MR) is 26.2 cm³/mol. The van der Waals surface area contributed by atoms with Crippen molar-refractivity contribution in [2.75, 3.05) is 0 Å². The predicted octanol–water partition coefficient (Wildman–Crippen LogP) is -2.59. The fraction of sp³-hybridized carbons (Fsp3) is 0. The van der Waals surface area contributed by atoms with Crippen molar-refractivity contribution >= 4 is 20.7 Å². The molecule has 0 aromatic heterocycles. The number of hydrogen-bond donors (Lipinski definition) is 2. The monoisotopic (exact) mass is 256 g/mol. The molecule has 3 N–H and O–H groups in total. The SMILES string of the molecule is NS(=O)(=O)O.O=S(=O)([O-])[O-].[Cu+2]. The average Bonchev–Trinajstić information content (AvgIpc) is 1.12. The molecule has 0 rings (SSSR count). The third-order valence-corrected chi connectivity index (χ3v) is 0. The van der Waals surface area contributed by atoms with E-state index in [1.807, 2.05) is 0 Å². The zero-order valence-corrected chi connectivity index (χ0v) is 7.17. The van der Waals surface area contributed by atoms with Crippen LogP contribution in [0.5, 0.6) is 0 Å². The van der Waals surface area contributed by atoms with Gasteiger partial charge in [0.05, 0.1) is 0 Å². The molecular formula is H3CuNO7S2. The van der Waals surface area contributed by atoms with E-state index in [0.29, 0.717) is 0 Å². The zero-order chi connectivity index (χ0) is 9.00. The molecule has 0 saturated heterocycles. The van der Waals surface area contributed by atoms with E-state index >= 15 is 0 Å². The molecule has 0 amide bonds. The van der Waals surface area contributed by atoms with Crippen molar-refractivity contribution in [3.05, 3.63) is 0 Å². The zero-order valence-electron chi connectivity index (χ0n) is 4.59. The summed E-state index contributed by atoms with van der Waals surface area (Å²) in [5.74, 6) is 0. The van der Waals surface area contributed by atoms with Crippen molar-refractivity contribution in [3.8, 4) is 0 Å². The van der Waals surface area contributed by atoms with Crippen LogP contribution in [0.2, 0.25) is 0 Å².